The fourth-order valence-corrected chi connectivity index (χ4v) is 1.39. The van der Waals surface area contributed by atoms with Crippen molar-refractivity contribution >= 4 is 23.8 Å². The van der Waals surface area contributed by atoms with E-state index in [4.69, 9.17) is 0 Å². The van der Waals surface area contributed by atoms with E-state index in [9.17, 15) is 4.79 Å². The average molecular weight is 281 g/mol. The third-order valence-electron chi connectivity index (χ3n) is 2.48. The monoisotopic (exact) mass is 281 g/mol. The predicted molar refractivity (Wildman–Crippen MR) is 80.1 cm³/mol. The summed E-state index contributed by atoms with van der Waals surface area (Å²) in [6.07, 6.45) is 0.395. The minimum Gasteiger partial charge on any atom is -0.354 e. The van der Waals surface area contributed by atoms with Crippen LogP contribution in [0.5, 0.6) is 0 Å². The number of amides is 1. The molecule has 2 N–H and O–H groups in total. The van der Waals surface area contributed by atoms with Crippen LogP contribution in [-0.4, -0.2) is 67.0 Å². The van der Waals surface area contributed by atoms with Crippen LogP contribution in [0.4, 0.5) is 17.8 Å². The highest BCUT2D eigenvalue weighted by Crippen LogP contribution is 2.11. The Balaban J connectivity index is 2.70. The van der Waals surface area contributed by atoms with Gasteiger partial charge in [0.2, 0.25) is 23.8 Å². The van der Waals surface area contributed by atoms with Crippen molar-refractivity contribution in [2.45, 2.75) is 13.3 Å². The maximum absolute atomic E-state index is 11.5. The summed E-state index contributed by atoms with van der Waals surface area (Å²) in [5.41, 5.74) is 0. The van der Waals surface area contributed by atoms with Gasteiger partial charge in [-0.3, -0.25) is 4.79 Å². The molecule has 0 atom stereocenters. The van der Waals surface area contributed by atoms with Gasteiger partial charge in [0.25, 0.3) is 0 Å². The smallest absolute Gasteiger partial charge is 0.231 e. The molecule has 0 saturated heterocycles. The number of hydrogen-bond donors (Lipinski definition) is 2. The van der Waals surface area contributed by atoms with E-state index in [1.54, 1.807) is 23.9 Å². The molecule has 0 aliphatic rings. The molecule has 0 aliphatic carbocycles. The van der Waals surface area contributed by atoms with Crippen LogP contribution in [-0.2, 0) is 4.79 Å². The van der Waals surface area contributed by atoms with Gasteiger partial charge in [0.1, 0.15) is 0 Å². The lowest BCUT2D eigenvalue weighted by molar-refractivity contribution is -0.128. The van der Waals surface area contributed by atoms with Crippen LogP contribution in [0.3, 0.4) is 0 Å². The van der Waals surface area contributed by atoms with Crippen LogP contribution >= 0.6 is 0 Å². The molecule has 0 aromatic carbocycles. The van der Waals surface area contributed by atoms with E-state index in [2.05, 4.69) is 25.6 Å². The Morgan fingerprint density at radius 1 is 1.05 bits per heavy atom. The third kappa shape index (κ3) is 4.87. The van der Waals surface area contributed by atoms with Gasteiger partial charge in [-0.25, -0.2) is 0 Å². The summed E-state index contributed by atoms with van der Waals surface area (Å²) >= 11 is 0. The Kier molecular flexibility index (Phi) is 5.95. The van der Waals surface area contributed by atoms with Crippen molar-refractivity contribution in [3.8, 4) is 0 Å². The van der Waals surface area contributed by atoms with Crippen molar-refractivity contribution < 1.29 is 4.79 Å². The zero-order valence-corrected chi connectivity index (χ0v) is 12.8. The summed E-state index contributed by atoms with van der Waals surface area (Å²) in [4.78, 5) is 27.7. The Bertz CT molecular complexity index is 447. The van der Waals surface area contributed by atoms with Gasteiger partial charge in [0.05, 0.1) is 0 Å². The summed E-state index contributed by atoms with van der Waals surface area (Å²) in [7, 11) is 7.20. The number of rotatable bonds is 7. The number of nitrogens with zero attached hydrogens (tertiary/aromatic N) is 5. The van der Waals surface area contributed by atoms with Crippen molar-refractivity contribution in [3.63, 3.8) is 0 Å². The highest BCUT2D eigenvalue weighted by Gasteiger charge is 2.08. The van der Waals surface area contributed by atoms with Crippen LogP contribution < -0.4 is 15.5 Å². The van der Waals surface area contributed by atoms with Gasteiger partial charge >= 0.3 is 0 Å². The highest BCUT2D eigenvalue weighted by atomic mass is 16.2. The second-order valence-corrected chi connectivity index (χ2v) is 4.67. The molecule has 0 aliphatic heterocycles. The van der Waals surface area contributed by atoms with Crippen molar-refractivity contribution in [1.29, 1.82) is 0 Å². The summed E-state index contributed by atoms with van der Waals surface area (Å²) in [5.74, 6) is 1.61. The molecule has 8 heteroatoms. The van der Waals surface area contributed by atoms with Gasteiger partial charge in [-0.1, -0.05) is 0 Å². The first-order chi connectivity index (χ1) is 9.43. The van der Waals surface area contributed by atoms with E-state index < -0.39 is 0 Å². The number of carbonyl (C=O) groups excluding carboxylic acids is 1. The number of hydrogen-bond acceptors (Lipinski definition) is 7. The molecule has 20 heavy (non-hydrogen) atoms. The van der Waals surface area contributed by atoms with E-state index in [1.807, 2.05) is 21.0 Å². The first-order valence-corrected chi connectivity index (χ1v) is 6.55. The first-order valence-electron chi connectivity index (χ1n) is 6.55. The fourth-order valence-electron chi connectivity index (χ4n) is 1.39. The van der Waals surface area contributed by atoms with Gasteiger partial charge in [-0.05, 0) is 6.92 Å². The normalized spacial score (nSPS) is 10.1. The van der Waals surface area contributed by atoms with Crippen LogP contribution in [0.2, 0.25) is 0 Å². The molecule has 112 valence electrons. The maximum atomic E-state index is 11.5. The second-order valence-electron chi connectivity index (χ2n) is 4.67. The molecular formula is C12H23N7O. The van der Waals surface area contributed by atoms with Gasteiger partial charge in [-0.2, -0.15) is 15.0 Å². The van der Waals surface area contributed by atoms with Crippen LogP contribution in [0.15, 0.2) is 0 Å². The molecular weight excluding hydrogens is 258 g/mol. The van der Waals surface area contributed by atoms with Gasteiger partial charge < -0.3 is 20.4 Å². The van der Waals surface area contributed by atoms with Crippen molar-refractivity contribution in [3.05, 3.63) is 0 Å². The lowest BCUT2D eigenvalue weighted by Gasteiger charge is -2.14. The van der Waals surface area contributed by atoms with E-state index in [1.165, 1.54) is 0 Å². The molecule has 8 nitrogen and oxygen atoms in total. The zero-order chi connectivity index (χ0) is 15.1. The Labute approximate surface area is 119 Å². The third-order valence-corrected chi connectivity index (χ3v) is 2.48. The minimum absolute atomic E-state index is 0.0614. The van der Waals surface area contributed by atoms with E-state index in [0.29, 0.717) is 30.8 Å². The summed E-state index contributed by atoms with van der Waals surface area (Å²) in [6, 6.07) is 0. The molecule has 1 aromatic rings. The lowest BCUT2D eigenvalue weighted by Crippen LogP contribution is -2.24. The fraction of sp³-hybridized carbons (Fsp3) is 0.667. The summed E-state index contributed by atoms with van der Waals surface area (Å²) < 4.78 is 0. The lowest BCUT2D eigenvalue weighted by atomic mass is 10.4. The van der Waals surface area contributed by atoms with Crippen molar-refractivity contribution in [1.82, 2.24) is 19.9 Å². The van der Waals surface area contributed by atoms with Gasteiger partial charge in [-0.15, -0.1) is 0 Å². The van der Waals surface area contributed by atoms with Crippen LogP contribution in [0.25, 0.3) is 0 Å². The molecule has 1 amide bonds. The molecule has 0 fully saturated rings. The largest absolute Gasteiger partial charge is 0.354 e. The molecule has 1 aromatic heterocycles. The number of aromatic nitrogens is 3. The quantitative estimate of drug-likeness (QED) is 0.741. The minimum atomic E-state index is 0.0614. The second kappa shape index (κ2) is 7.46. The Hall–Kier alpha value is -2.12. The number of nitrogens with one attached hydrogen (secondary N) is 2. The SMILES string of the molecule is CCNc1nc(NCCC(=O)N(C)C)nc(N(C)C)n1. The van der Waals surface area contributed by atoms with E-state index >= 15 is 0 Å². The van der Waals surface area contributed by atoms with Crippen LogP contribution in [0, 0.1) is 0 Å². The number of carbonyl (C=O) groups is 1. The van der Waals surface area contributed by atoms with E-state index in [-0.39, 0.29) is 5.91 Å². The maximum Gasteiger partial charge on any atom is 0.231 e. The highest BCUT2D eigenvalue weighted by molar-refractivity contribution is 5.76. The number of anilines is 3. The molecule has 0 spiro atoms. The first kappa shape index (κ1) is 15.9. The van der Waals surface area contributed by atoms with Crippen molar-refractivity contribution in [2.75, 3.05) is 56.8 Å². The topological polar surface area (TPSA) is 86.3 Å². The molecule has 0 saturated carbocycles. The Morgan fingerprint density at radius 3 is 2.15 bits per heavy atom. The van der Waals surface area contributed by atoms with Gasteiger partial charge in [0, 0.05) is 47.7 Å². The van der Waals surface area contributed by atoms with Gasteiger partial charge in [0.15, 0.2) is 0 Å². The molecule has 1 heterocycles. The molecule has 0 radical (unpaired) electrons. The van der Waals surface area contributed by atoms with Crippen LogP contribution in [0.1, 0.15) is 13.3 Å². The van der Waals surface area contributed by atoms with Crippen molar-refractivity contribution in [2.24, 2.45) is 0 Å². The average Bonchev–Trinajstić information content (AvgIpc) is 2.38. The Morgan fingerprint density at radius 2 is 1.65 bits per heavy atom. The van der Waals surface area contributed by atoms with E-state index in [0.717, 1.165) is 6.54 Å². The predicted octanol–water partition coefficient (Wildman–Crippen LogP) is 0.260. The summed E-state index contributed by atoms with van der Waals surface area (Å²) in [5, 5.41) is 6.10. The molecule has 1 rings (SSSR count). The standard InChI is InChI=1S/C12H23N7O/c1-6-13-10-15-11(17-12(16-10)19(4)5)14-8-7-9(20)18(2)3/h6-8H2,1-5H3,(H2,13,14,15,16,17). The summed E-state index contributed by atoms with van der Waals surface area (Å²) in [6.45, 7) is 3.19. The molecule has 0 bridgehead atoms. The molecule has 0 unspecified atom stereocenters. The zero-order valence-electron chi connectivity index (χ0n) is 12.8.